The molecule has 2 atom stereocenters. The molecule has 1 saturated carbocycles. The number of benzene rings is 1. The van der Waals surface area contributed by atoms with Gasteiger partial charge in [0.05, 0.1) is 0 Å². The fourth-order valence-electron chi connectivity index (χ4n) is 2.59. The Bertz CT molecular complexity index is 406. The number of halogens is 3. The normalized spacial score (nSPS) is 24.9. The average molecular weight is 243 g/mol. The highest BCUT2D eigenvalue weighted by Crippen LogP contribution is 2.35. The van der Waals surface area contributed by atoms with Gasteiger partial charge < -0.3 is 5.32 Å². The van der Waals surface area contributed by atoms with E-state index in [4.69, 9.17) is 0 Å². The summed E-state index contributed by atoms with van der Waals surface area (Å²) in [5.74, 6) is -3.51. The van der Waals surface area contributed by atoms with Crippen LogP contribution in [0.2, 0.25) is 0 Å². The van der Waals surface area contributed by atoms with Crippen LogP contribution in [0.25, 0.3) is 0 Å². The van der Waals surface area contributed by atoms with E-state index in [0.29, 0.717) is 11.6 Å². The van der Waals surface area contributed by atoms with Crippen molar-refractivity contribution in [3.05, 3.63) is 35.1 Å². The first kappa shape index (κ1) is 12.4. The third kappa shape index (κ3) is 2.46. The molecule has 1 nitrogen and oxygen atoms in total. The maximum atomic E-state index is 13.6. The van der Waals surface area contributed by atoms with Crippen molar-refractivity contribution < 1.29 is 13.2 Å². The van der Waals surface area contributed by atoms with Crippen molar-refractivity contribution in [2.75, 3.05) is 7.05 Å². The second-order valence-electron chi connectivity index (χ2n) is 4.61. The molecule has 0 aliphatic heterocycles. The summed E-state index contributed by atoms with van der Waals surface area (Å²) in [5.41, 5.74) is 0.309. The minimum atomic E-state index is -1.35. The van der Waals surface area contributed by atoms with Crippen LogP contribution in [0.5, 0.6) is 0 Å². The Labute approximate surface area is 99.0 Å². The Morgan fingerprint density at radius 1 is 1.12 bits per heavy atom. The van der Waals surface area contributed by atoms with E-state index >= 15 is 0 Å². The highest BCUT2D eigenvalue weighted by Gasteiger charge is 2.26. The molecule has 0 saturated heterocycles. The molecule has 1 aliphatic rings. The summed E-state index contributed by atoms with van der Waals surface area (Å²) in [6, 6.07) is 2.72. The van der Waals surface area contributed by atoms with Crippen LogP contribution in [0.3, 0.4) is 0 Å². The molecule has 94 valence electrons. The molecule has 2 unspecified atom stereocenters. The van der Waals surface area contributed by atoms with E-state index in [2.05, 4.69) is 5.32 Å². The summed E-state index contributed by atoms with van der Waals surface area (Å²) >= 11 is 0. The zero-order chi connectivity index (χ0) is 12.4. The van der Waals surface area contributed by atoms with Crippen molar-refractivity contribution in [2.24, 2.45) is 0 Å². The quantitative estimate of drug-likeness (QED) is 0.785. The maximum Gasteiger partial charge on any atom is 0.194 e. The second-order valence-corrected chi connectivity index (χ2v) is 4.61. The van der Waals surface area contributed by atoms with Gasteiger partial charge in [0, 0.05) is 6.04 Å². The van der Waals surface area contributed by atoms with Gasteiger partial charge in [0.2, 0.25) is 0 Å². The molecule has 17 heavy (non-hydrogen) atoms. The van der Waals surface area contributed by atoms with Crippen LogP contribution in [-0.2, 0) is 0 Å². The van der Waals surface area contributed by atoms with Crippen LogP contribution in [0, 0.1) is 17.5 Å². The van der Waals surface area contributed by atoms with E-state index in [1.807, 2.05) is 7.05 Å². The third-order valence-corrected chi connectivity index (χ3v) is 3.59. The van der Waals surface area contributed by atoms with Crippen molar-refractivity contribution in [1.82, 2.24) is 5.32 Å². The van der Waals surface area contributed by atoms with Crippen LogP contribution in [0.15, 0.2) is 12.1 Å². The molecule has 1 N–H and O–H groups in total. The Morgan fingerprint density at radius 3 is 2.59 bits per heavy atom. The lowest BCUT2D eigenvalue weighted by Gasteiger charge is -2.29. The monoisotopic (exact) mass is 243 g/mol. The van der Waals surface area contributed by atoms with Gasteiger partial charge in [-0.25, -0.2) is 13.2 Å². The maximum absolute atomic E-state index is 13.6. The number of hydrogen-bond acceptors (Lipinski definition) is 1. The van der Waals surface area contributed by atoms with Crippen molar-refractivity contribution in [3.8, 4) is 0 Å². The van der Waals surface area contributed by atoms with Gasteiger partial charge in [0.25, 0.3) is 0 Å². The molecule has 0 bridgehead atoms. The van der Waals surface area contributed by atoms with E-state index in [-0.39, 0.29) is 5.92 Å². The molecular weight excluding hydrogens is 227 g/mol. The summed E-state index contributed by atoms with van der Waals surface area (Å²) in [4.78, 5) is 0. The van der Waals surface area contributed by atoms with Gasteiger partial charge in [-0.3, -0.25) is 0 Å². The molecular formula is C13H16F3N. The zero-order valence-corrected chi connectivity index (χ0v) is 9.77. The molecule has 0 amide bonds. The molecule has 1 aromatic carbocycles. The summed E-state index contributed by atoms with van der Waals surface area (Å²) in [7, 11) is 1.87. The predicted molar refractivity (Wildman–Crippen MR) is 60.4 cm³/mol. The SMILES string of the molecule is CNC1CCCC(c2ccc(F)c(F)c2F)C1. The molecule has 1 aromatic rings. The third-order valence-electron chi connectivity index (χ3n) is 3.59. The Balaban J connectivity index is 2.25. The summed E-state index contributed by atoms with van der Waals surface area (Å²) in [6.07, 6.45) is 3.64. The Hall–Kier alpha value is -1.03. The number of nitrogens with one attached hydrogen (secondary N) is 1. The second kappa shape index (κ2) is 5.08. The molecule has 0 heterocycles. The number of hydrogen-bond donors (Lipinski definition) is 1. The van der Waals surface area contributed by atoms with Crippen LogP contribution in [-0.4, -0.2) is 13.1 Å². The highest BCUT2D eigenvalue weighted by molar-refractivity contribution is 5.24. The standard InChI is InChI=1S/C13H16F3N/c1-17-9-4-2-3-8(7-9)10-5-6-11(14)13(16)12(10)15/h5-6,8-9,17H,2-4,7H2,1H3. The van der Waals surface area contributed by atoms with Gasteiger partial charge in [-0.15, -0.1) is 0 Å². The van der Waals surface area contributed by atoms with Gasteiger partial charge >= 0.3 is 0 Å². The van der Waals surface area contributed by atoms with Gasteiger partial charge in [-0.05, 0) is 43.9 Å². The molecule has 0 aromatic heterocycles. The average Bonchev–Trinajstić information content (AvgIpc) is 2.36. The van der Waals surface area contributed by atoms with Gasteiger partial charge in [-0.2, -0.15) is 0 Å². The van der Waals surface area contributed by atoms with E-state index in [9.17, 15) is 13.2 Å². The van der Waals surface area contributed by atoms with E-state index in [0.717, 1.165) is 31.7 Å². The van der Waals surface area contributed by atoms with Crippen molar-refractivity contribution in [2.45, 2.75) is 37.6 Å². The van der Waals surface area contributed by atoms with Gasteiger partial charge in [-0.1, -0.05) is 12.5 Å². The largest absolute Gasteiger partial charge is 0.317 e. The zero-order valence-electron chi connectivity index (χ0n) is 9.77. The molecule has 0 spiro atoms. The van der Waals surface area contributed by atoms with Crippen molar-refractivity contribution in [1.29, 1.82) is 0 Å². The Kier molecular flexibility index (Phi) is 3.72. The topological polar surface area (TPSA) is 12.0 Å². The van der Waals surface area contributed by atoms with Crippen molar-refractivity contribution >= 4 is 0 Å². The van der Waals surface area contributed by atoms with E-state index in [1.165, 1.54) is 6.07 Å². The summed E-state index contributed by atoms with van der Waals surface area (Å²) in [5, 5.41) is 3.16. The highest BCUT2D eigenvalue weighted by atomic mass is 19.2. The molecule has 2 rings (SSSR count). The van der Waals surface area contributed by atoms with Gasteiger partial charge in [0.1, 0.15) is 0 Å². The first-order valence-corrected chi connectivity index (χ1v) is 5.94. The fourth-order valence-corrected chi connectivity index (χ4v) is 2.59. The number of rotatable bonds is 2. The first-order valence-electron chi connectivity index (χ1n) is 5.94. The lowest BCUT2D eigenvalue weighted by molar-refractivity contribution is 0.343. The van der Waals surface area contributed by atoms with Crippen LogP contribution >= 0.6 is 0 Å². The van der Waals surface area contributed by atoms with Crippen LogP contribution in [0.4, 0.5) is 13.2 Å². The van der Waals surface area contributed by atoms with E-state index in [1.54, 1.807) is 0 Å². The lowest BCUT2D eigenvalue weighted by Crippen LogP contribution is -2.30. The van der Waals surface area contributed by atoms with Gasteiger partial charge in [0.15, 0.2) is 17.5 Å². The molecule has 1 aliphatic carbocycles. The molecule has 4 heteroatoms. The fraction of sp³-hybridized carbons (Fsp3) is 0.538. The van der Waals surface area contributed by atoms with E-state index < -0.39 is 17.5 Å². The first-order chi connectivity index (χ1) is 8.13. The van der Waals surface area contributed by atoms with Crippen LogP contribution < -0.4 is 5.32 Å². The summed E-state index contributed by atoms with van der Waals surface area (Å²) in [6.45, 7) is 0. The van der Waals surface area contributed by atoms with Crippen LogP contribution in [0.1, 0.15) is 37.2 Å². The summed E-state index contributed by atoms with van der Waals surface area (Å²) < 4.78 is 39.6. The smallest absolute Gasteiger partial charge is 0.194 e. The molecule has 0 radical (unpaired) electrons. The minimum Gasteiger partial charge on any atom is -0.317 e. The predicted octanol–water partition coefficient (Wildman–Crippen LogP) is 3.35. The van der Waals surface area contributed by atoms with Crippen molar-refractivity contribution in [3.63, 3.8) is 0 Å². The lowest BCUT2D eigenvalue weighted by atomic mass is 9.81. The molecule has 1 fully saturated rings. The Morgan fingerprint density at radius 2 is 1.88 bits per heavy atom. The minimum absolute atomic E-state index is 0.0173.